The van der Waals surface area contributed by atoms with E-state index in [1.165, 1.54) is 19.8 Å². The molecule has 0 bridgehead atoms. The molecule has 0 unspecified atom stereocenters. The van der Waals surface area contributed by atoms with E-state index in [4.69, 9.17) is 5.26 Å². The number of allylic oxidation sites excluding steroid dienone is 1. The van der Waals surface area contributed by atoms with Crippen LogP contribution in [0.2, 0.25) is 0 Å². The monoisotopic (exact) mass is 343 g/mol. The highest BCUT2D eigenvalue weighted by Crippen LogP contribution is 1.97. The predicted molar refractivity (Wildman–Crippen MR) is 101 cm³/mol. The molecule has 0 aliphatic rings. The SMILES string of the molecule is C=C(C)C#N.C=CC(=O)OC.C=CC(=O)OC.C=Cc1ccccc1. The summed E-state index contributed by atoms with van der Waals surface area (Å²) in [5.74, 6) is -0.787. The van der Waals surface area contributed by atoms with E-state index in [9.17, 15) is 9.59 Å². The summed E-state index contributed by atoms with van der Waals surface area (Å²) in [4.78, 5) is 19.7. The fraction of sp³-hybridized carbons (Fsp3) is 0.150. The van der Waals surface area contributed by atoms with Crippen LogP contribution in [0.4, 0.5) is 0 Å². The first-order chi connectivity index (χ1) is 11.8. The number of hydrogen-bond donors (Lipinski definition) is 0. The smallest absolute Gasteiger partial charge is 0.329 e. The van der Waals surface area contributed by atoms with Gasteiger partial charge in [-0.1, -0.05) is 62.7 Å². The molecule has 25 heavy (non-hydrogen) atoms. The van der Waals surface area contributed by atoms with Crippen molar-refractivity contribution < 1.29 is 19.1 Å². The average Bonchev–Trinajstić information content (AvgIpc) is 2.68. The van der Waals surface area contributed by atoms with Gasteiger partial charge in [0.25, 0.3) is 0 Å². The van der Waals surface area contributed by atoms with Gasteiger partial charge in [-0.2, -0.15) is 5.26 Å². The zero-order valence-corrected chi connectivity index (χ0v) is 15.0. The van der Waals surface area contributed by atoms with Crippen LogP contribution < -0.4 is 0 Å². The van der Waals surface area contributed by atoms with Gasteiger partial charge in [-0.15, -0.1) is 0 Å². The highest BCUT2D eigenvalue weighted by atomic mass is 16.5. The molecule has 0 radical (unpaired) electrons. The van der Waals surface area contributed by atoms with Crippen molar-refractivity contribution in [3.63, 3.8) is 0 Å². The van der Waals surface area contributed by atoms with Gasteiger partial charge in [0, 0.05) is 17.7 Å². The summed E-state index contributed by atoms with van der Waals surface area (Å²) in [6.45, 7) is 14.9. The zero-order valence-electron chi connectivity index (χ0n) is 15.0. The summed E-state index contributed by atoms with van der Waals surface area (Å²) in [6, 6.07) is 11.9. The number of esters is 2. The Bertz CT molecular complexity index is 563. The van der Waals surface area contributed by atoms with E-state index in [0.29, 0.717) is 5.57 Å². The molecule has 0 aliphatic carbocycles. The lowest BCUT2D eigenvalue weighted by Gasteiger charge is -1.85. The van der Waals surface area contributed by atoms with E-state index in [-0.39, 0.29) is 0 Å². The number of rotatable bonds is 3. The van der Waals surface area contributed by atoms with Gasteiger partial charge in [0.2, 0.25) is 0 Å². The fourth-order valence-electron chi connectivity index (χ4n) is 0.756. The molecular weight excluding hydrogens is 318 g/mol. The standard InChI is InChI=1S/C8H8.C4H5N.2C4H6O2/c1-2-8-6-4-3-5-7-8;1-4(2)3-5;2*1-3-4(5)6-2/h2-7H,1H2;1H2,2H3;2*3H,1H2,2H3. The molecule has 0 atom stereocenters. The van der Waals surface area contributed by atoms with Gasteiger partial charge in [0.05, 0.1) is 20.3 Å². The van der Waals surface area contributed by atoms with E-state index in [0.717, 1.165) is 12.2 Å². The third kappa shape index (κ3) is 25.9. The van der Waals surface area contributed by atoms with Crippen molar-refractivity contribution in [3.05, 3.63) is 79.9 Å². The molecule has 1 rings (SSSR count). The van der Waals surface area contributed by atoms with Gasteiger partial charge >= 0.3 is 11.9 Å². The molecule has 0 saturated carbocycles. The molecule has 1 aromatic carbocycles. The van der Waals surface area contributed by atoms with Crippen molar-refractivity contribution in [2.24, 2.45) is 0 Å². The predicted octanol–water partition coefficient (Wildman–Crippen LogP) is 4.11. The van der Waals surface area contributed by atoms with E-state index < -0.39 is 11.9 Å². The summed E-state index contributed by atoms with van der Waals surface area (Å²) in [5, 5.41) is 7.79. The number of benzene rings is 1. The van der Waals surface area contributed by atoms with Crippen LogP contribution in [0.15, 0.2) is 74.4 Å². The molecule has 0 spiro atoms. The molecule has 0 amide bonds. The lowest BCUT2D eigenvalue weighted by molar-refractivity contribution is -0.135. The Morgan fingerprint density at radius 1 is 1.00 bits per heavy atom. The molecule has 0 fully saturated rings. The Morgan fingerprint density at radius 3 is 1.48 bits per heavy atom. The summed E-state index contributed by atoms with van der Waals surface area (Å²) in [5.41, 5.74) is 1.73. The molecular formula is C20H25NO4. The highest BCUT2D eigenvalue weighted by Gasteiger charge is 1.82. The normalized spacial score (nSPS) is 7.12. The Morgan fingerprint density at radius 2 is 1.36 bits per heavy atom. The van der Waals surface area contributed by atoms with Gasteiger partial charge in [-0.05, 0) is 12.5 Å². The van der Waals surface area contributed by atoms with Crippen molar-refractivity contribution in [3.8, 4) is 6.07 Å². The van der Waals surface area contributed by atoms with E-state index in [1.807, 2.05) is 42.5 Å². The molecule has 0 aromatic heterocycles. The second-order valence-corrected chi connectivity index (χ2v) is 3.96. The van der Waals surface area contributed by atoms with Crippen molar-refractivity contribution >= 4 is 18.0 Å². The number of hydrogen-bond acceptors (Lipinski definition) is 5. The van der Waals surface area contributed by atoms with Crippen LogP contribution in [0, 0.1) is 11.3 Å². The van der Waals surface area contributed by atoms with E-state index in [2.05, 4.69) is 35.8 Å². The van der Waals surface area contributed by atoms with Crippen LogP contribution in [-0.4, -0.2) is 26.2 Å². The van der Waals surface area contributed by atoms with Crippen molar-refractivity contribution in [1.29, 1.82) is 5.26 Å². The summed E-state index contributed by atoms with van der Waals surface area (Å²) >= 11 is 0. The highest BCUT2D eigenvalue weighted by molar-refractivity contribution is 5.81. The molecule has 0 heterocycles. The first-order valence-electron chi connectivity index (χ1n) is 6.96. The van der Waals surface area contributed by atoms with E-state index in [1.54, 1.807) is 6.92 Å². The van der Waals surface area contributed by atoms with Crippen LogP contribution in [0.3, 0.4) is 0 Å². The molecule has 1 aromatic rings. The Balaban J connectivity index is -0.000000263. The molecule has 0 N–H and O–H groups in total. The number of nitrogens with zero attached hydrogens (tertiary/aromatic N) is 1. The Kier molecular flexibility index (Phi) is 21.9. The summed E-state index contributed by atoms with van der Waals surface area (Å²) < 4.78 is 8.28. The van der Waals surface area contributed by atoms with Crippen LogP contribution in [0.1, 0.15) is 12.5 Å². The second-order valence-electron chi connectivity index (χ2n) is 3.96. The topological polar surface area (TPSA) is 76.4 Å². The average molecular weight is 343 g/mol. The number of nitriles is 1. The Hall–Kier alpha value is -3.39. The maximum Gasteiger partial charge on any atom is 0.329 e. The number of ether oxygens (including phenoxy) is 2. The van der Waals surface area contributed by atoms with Gasteiger partial charge in [-0.3, -0.25) is 0 Å². The zero-order chi connectivity index (χ0) is 20.1. The lowest BCUT2D eigenvalue weighted by Crippen LogP contribution is -1.91. The van der Waals surface area contributed by atoms with Gasteiger partial charge in [0.1, 0.15) is 0 Å². The molecule has 5 heteroatoms. The minimum atomic E-state index is -0.394. The summed E-state index contributed by atoms with van der Waals surface area (Å²) in [7, 11) is 2.62. The quantitative estimate of drug-likeness (QED) is 0.469. The molecule has 5 nitrogen and oxygen atoms in total. The maximum absolute atomic E-state index is 9.84. The third-order valence-electron chi connectivity index (χ3n) is 1.96. The van der Waals surface area contributed by atoms with Gasteiger partial charge in [0.15, 0.2) is 0 Å². The Labute approximate surface area is 150 Å². The molecule has 134 valence electrons. The van der Waals surface area contributed by atoms with Crippen molar-refractivity contribution in [1.82, 2.24) is 0 Å². The van der Waals surface area contributed by atoms with Gasteiger partial charge < -0.3 is 9.47 Å². The first-order valence-corrected chi connectivity index (χ1v) is 6.96. The number of carbonyl (C=O) groups is 2. The molecule has 0 aliphatic heterocycles. The van der Waals surface area contributed by atoms with Crippen LogP contribution in [-0.2, 0) is 19.1 Å². The minimum Gasteiger partial charge on any atom is -0.466 e. The van der Waals surface area contributed by atoms with Crippen molar-refractivity contribution in [2.75, 3.05) is 14.2 Å². The summed E-state index contributed by atoms with van der Waals surface area (Å²) in [6.07, 6.45) is 4.06. The van der Waals surface area contributed by atoms with Gasteiger partial charge in [-0.25, -0.2) is 9.59 Å². The van der Waals surface area contributed by atoms with Crippen molar-refractivity contribution in [2.45, 2.75) is 6.92 Å². The van der Waals surface area contributed by atoms with E-state index >= 15 is 0 Å². The largest absolute Gasteiger partial charge is 0.466 e. The maximum atomic E-state index is 9.84. The van der Waals surface area contributed by atoms with Crippen LogP contribution >= 0.6 is 0 Å². The number of methoxy groups -OCH3 is 2. The van der Waals surface area contributed by atoms with Crippen LogP contribution in [0.5, 0.6) is 0 Å². The third-order valence-corrected chi connectivity index (χ3v) is 1.96. The minimum absolute atomic E-state index is 0.394. The van der Waals surface area contributed by atoms with Crippen LogP contribution in [0.25, 0.3) is 6.08 Å². The second kappa shape index (κ2) is 20.6. The number of carbonyl (C=O) groups excluding carboxylic acids is 2. The fourth-order valence-corrected chi connectivity index (χ4v) is 0.756. The first kappa shape index (κ1) is 26.5. The lowest BCUT2D eigenvalue weighted by atomic mass is 10.2. The molecule has 0 saturated heterocycles.